The number of hydrogen-bond donors (Lipinski definition) is 3. The fraction of sp³-hybridized carbons (Fsp3) is 0.312. The van der Waals surface area contributed by atoms with Crippen LogP contribution < -0.4 is 15.4 Å². The molecule has 0 unspecified atom stereocenters. The van der Waals surface area contributed by atoms with Gasteiger partial charge in [0.2, 0.25) is 5.95 Å². The fourth-order valence-corrected chi connectivity index (χ4v) is 3.39. The maximum absolute atomic E-state index is 12.0. The third kappa shape index (κ3) is 3.15. The predicted molar refractivity (Wildman–Crippen MR) is 97.7 cm³/mol. The second-order valence-corrected chi connectivity index (χ2v) is 8.12. The van der Waals surface area contributed by atoms with Gasteiger partial charge in [-0.15, -0.1) is 0 Å². The second-order valence-electron chi connectivity index (χ2n) is 6.16. The minimum Gasteiger partial charge on any atom is -0.495 e. The lowest BCUT2D eigenvalue weighted by molar-refractivity contribution is 0.417. The van der Waals surface area contributed by atoms with Gasteiger partial charge in [0.25, 0.3) is 0 Å². The topological polar surface area (TPSA) is 122 Å². The Hall–Kier alpha value is -2.88. The van der Waals surface area contributed by atoms with Gasteiger partial charge in [-0.3, -0.25) is 5.10 Å². The lowest BCUT2D eigenvalue weighted by atomic mass is 10.3. The average Bonchev–Trinajstić information content (AvgIpc) is 3.29. The Bertz CT molecular complexity index is 1070. The van der Waals surface area contributed by atoms with E-state index in [1.807, 2.05) is 24.3 Å². The summed E-state index contributed by atoms with van der Waals surface area (Å²) in [5, 5.41) is 13.4. The third-order valence-electron chi connectivity index (χ3n) is 4.02. The highest BCUT2D eigenvalue weighted by atomic mass is 32.2. The van der Waals surface area contributed by atoms with Gasteiger partial charge in [-0.05, 0) is 25.0 Å². The number of para-hydroxylation sites is 2. The largest absolute Gasteiger partial charge is 0.495 e. The fourth-order valence-electron chi connectivity index (χ4n) is 2.62. The average molecular weight is 374 g/mol. The molecule has 9 nitrogen and oxygen atoms in total. The summed E-state index contributed by atoms with van der Waals surface area (Å²) in [6.45, 7) is 0. The molecule has 10 heteroatoms. The van der Waals surface area contributed by atoms with Gasteiger partial charge < -0.3 is 15.4 Å². The molecule has 1 saturated carbocycles. The standard InChI is InChI=1S/C16H18N6O3S/c1-25-11-6-4-3-5-10(11)18-16-19-13(17-9-7-8-9)12-14(20-16)21-22-15(12)26(2,23)24/h3-6,9H,7-8H2,1-2H3,(H3,17,18,19,20,21,22). The molecular weight excluding hydrogens is 356 g/mol. The van der Waals surface area contributed by atoms with E-state index in [1.165, 1.54) is 0 Å². The van der Waals surface area contributed by atoms with E-state index in [2.05, 4.69) is 30.8 Å². The van der Waals surface area contributed by atoms with Crippen LogP contribution in [0.15, 0.2) is 29.3 Å². The van der Waals surface area contributed by atoms with Crippen molar-refractivity contribution in [2.45, 2.75) is 23.9 Å². The summed E-state index contributed by atoms with van der Waals surface area (Å²) in [6.07, 6.45) is 3.17. The number of nitrogens with zero attached hydrogens (tertiary/aromatic N) is 3. The van der Waals surface area contributed by atoms with Crippen LogP contribution in [0.1, 0.15) is 12.8 Å². The highest BCUT2D eigenvalue weighted by Gasteiger charge is 2.27. The second kappa shape index (κ2) is 6.13. The summed E-state index contributed by atoms with van der Waals surface area (Å²) in [6, 6.07) is 7.67. The molecule has 3 N–H and O–H groups in total. The van der Waals surface area contributed by atoms with E-state index < -0.39 is 9.84 Å². The number of benzene rings is 1. The van der Waals surface area contributed by atoms with Gasteiger partial charge in [-0.1, -0.05) is 12.1 Å². The van der Waals surface area contributed by atoms with Crippen LogP contribution in [0, 0.1) is 0 Å². The normalized spacial score (nSPS) is 14.4. The number of ether oxygens (including phenoxy) is 1. The molecule has 0 bridgehead atoms. The van der Waals surface area contributed by atoms with Crippen molar-refractivity contribution in [2.24, 2.45) is 0 Å². The Balaban J connectivity index is 1.81. The summed E-state index contributed by atoms with van der Waals surface area (Å²) in [5.41, 5.74) is 0.978. The number of hydrogen-bond acceptors (Lipinski definition) is 8. The van der Waals surface area contributed by atoms with Crippen molar-refractivity contribution in [2.75, 3.05) is 24.0 Å². The van der Waals surface area contributed by atoms with Gasteiger partial charge in [0, 0.05) is 12.3 Å². The summed E-state index contributed by atoms with van der Waals surface area (Å²) in [5.74, 6) is 1.40. The van der Waals surface area contributed by atoms with Crippen LogP contribution in [0.5, 0.6) is 5.75 Å². The Kier molecular flexibility index (Phi) is 3.91. The first-order valence-electron chi connectivity index (χ1n) is 8.08. The number of sulfone groups is 1. The van der Waals surface area contributed by atoms with Gasteiger partial charge in [0.1, 0.15) is 17.0 Å². The molecule has 2 aromatic heterocycles. The molecule has 4 rings (SSSR count). The van der Waals surface area contributed by atoms with Gasteiger partial charge in [0.05, 0.1) is 12.8 Å². The number of aromatic nitrogens is 4. The van der Waals surface area contributed by atoms with Crippen molar-refractivity contribution in [3.8, 4) is 5.75 Å². The van der Waals surface area contributed by atoms with Gasteiger partial charge >= 0.3 is 0 Å². The molecule has 1 aliphatic rings. The molecule has 1 aliphatic carbocycles. The summed E-state index contributed by atoms with van der Waals surface area (Å²) in [7, 11) is -1.90. The SMILES string of the molecule is COc1ccccc1Nc1nc(NC2CC2)c2c(S(C)(=O)=O)[nH]nc2n1. The van der Waals surface area contributed by atoms with E-state index in [4.69, 9.17) is 4.74 Å². The van der Waals surface area contributed by atoms with Crippen molar-refractivity contribution in [3.05, 3.63) is 24.3 Å². The maximum Gasteiger partial charge on any atom is 0.231 e. The molecule has 1 fully saturated rings. The third-order valence-corrected chi connectivity index (χ3v) is 5.06. The zero-order valence-electron chi connectivity index (χ0n) is 14.3. The number of rotatable bonds is 6. The Morgan fingerprint density at radius 1 is 1.23 bits per heavy atom. The first kappa shape index (κ1) is 16.6. The zero-order valence-corrected chi connectivity index (χ0v) is 15.1. The highest BCUT2D eigenvalue weighted by Crippen LogP contribution is 2.33. The molecule has 2 heterocycles. The molecule has 136 valence electrons. The number of anilines is 3. The Labute approximate surface area is 150 Å². The van der Waals surface area contributed by atoms with E-state index in [1.54, 1.807) is 7.11 Å². The van der Waals surface area contributed by atoms with Gasteiger partial charge in [0.15, 0.2) is 20.5 Å². The summed E-state index contributed by atoms with van der Waals surface area (Å²) >= 11 is 0. The molecular formula is C16H18N6O3S. The molecule has 0 amide bonds. The van der Waals surface area contributed by atoms with Crippen LogP contribution >= 0.6 is 0 Å². The van der Waals surface area contributed by atoms with Crippen LogP contribution in [0.25, 0.3) is 11.0 Å². The van der Waals surface area contributed by atoms with Crippen molar-refractivity contribution in [1.82, 2.24) is 20.2 Å². The number of H-pyrrole nitrogens is 1. The predicted octanol–water partition coefficient (Wildman–Crippen LogP) is 2.08. The molecule has 0 aliphatic heterocycles. The number of aromatic amines is 1. The number of fused-ring (bicyclic) bond motifs is 1. The Morgan fingerprint density at radius 2 is 2.00 bits per heavy atom. The maximum atomic E-state index is 12.0. The quantitative estimate of drug-likeness (QED) is 0.599. The van der Waals surface area contributed by atoms with Crippen LogP contribution in [-0.2, 0) is 9.84 Å². The van der Waals surface area contributed by atoms with E-state index in [0.29, 0.717) is 28.6 Å². The van der Waals surface area contributed by atoms with Crippen molar-refractivity contribution in [3.63, 3.8) is 0 Å². The smallest absolute Gasteiger partial charge is 0.231 e. The van der Waals surface area contributed by atoms with E-state index in [-0.39, 0.29) is 16.7 Å². The van der Waals surface area contributed by atoms with Crippen LogP contribution in [0.3, 0.4) is 0 Å². The van der Waals surface area contributed by atoms with Crippen LogP contribution in [0.2, 0.25) is 0 Å². The lowest BCUT2D eigenvalue weighted by Gasteiger charge is -2.12. The minimum atomic E-state index is -3.48. The minimum absolute atomic E-state index is 0.0134. The highest BCUT2D eigenvalue weighted by molar-refractivity contribution is 7.90. The molecule has 1 aromatic carbocycles. The van der Waals surface area contributed by atoms with Gasteiger partial charge in [-0.2, -0.15) is 15.1 Å². The van der Waals surface area contributed by atoms with E-state index in [9.17, 15) is 8.42 Å². The lowest BCUT2D eigenvalue weighted by Crippen LogP contribution is -2.08. The van der Waals surface area contributed by atoms with Crippen molar-refractivity contribution >= 4 is 38.3 Å². The number of methoxy groups -OCH3 is 1. The van der Waals surface area contributed by atoms with E-state index in [0.717, 1.165) is 19.1 Å². The van der Waals surface area contributed by atoms with E-state index >= 15 is 0 Å². The number of nitrogens with one attached hydrogen (secondary N) is 3. The summed E-state index contributed by atoms with van der Waals surface area (Å²) < 4.78 is 29.4. The molecule has 0 radical (unpaired) electrons. The molecule has 0 spiro atoms. The Morgan fingerprint density at radius 3 is 2.69 bits per heavy atom. The van der Waals surface area contributed by atoms with Crippen molar-refractivity contribution in [1.29, 1.82) is 0 Å². The first-order valence-corrected chi connectivity index (χ1v) is 9.97. The summed E-state index contributed by atoms with van der Waals surface area (Å²) in [4.78, 5) is 8.83. The van der Waals surface area contributed by atoms with Crippen LogP contribution in [0.4, 0.5) is 17.5 Å². The van der Waals surface area contributed by atoms with Gasteiger partial charge in [-0.25, -0.2) is 8.42 Å². The molecule has 26 heavy (non-hydrogen) atoms. The first-order chi connectivity index (χ1) is 12.5. The van der Waals surface area contributed by atoms with Crippen molar-refractivity contribution < 1.29 is 13.2 Å². The molecule has 0 saturated heterocycles. The zero-order chi connectivity index (χ0) is 18.3. The molecule has 0 atom stereocenters. The molecule has 3 aromatic rings. The monoisotopic (exact) mass is 374 g/mol. The van der Waals surface area contributed by atoms with Crippen LogP contribution in [-0.4, -0.2) is 48.0 Å².